The molecule has 4 heteroatoms. The Labute approximate surface area is 247 Å². The van der Waals surface area contributed by atoms with Gasteiger partial charge in [0.1, 0.15) is 23.0 Å². The lowest BCUT2D eigenvalue weighted by Gasteiger charge is -2.34. The molecule has 4 nitrogen and oxygen atoms in total. The summed E-state index contributed by atoms with van der Waals surface area (Å²) in [5, 5.41) is 45.0. The Morgan fingerprint density at radius 1 is 0.500 bits per heavy atom. The molecule has 6 rings (SSSR count). The second-order valence-electron chi connectivity index (χ2n) is 11.5. The molecule has 5 aromatic rings. The van der Waals surface area contributed by atoms with Crippen LogP contribution in [0, 0.1) is 0 Å². The number of rotatable bonds is 6. The van der Waals surface area contributed by atoms with Crippen LogP contribution in [0.4, 0.5) is 0 Å². The van der Waals surface area contributed by atoms with E-state index in [1.54, 1.807) is 48.5 Å². The Hall–Kier alpha value is -4.70. The fraction of sp³-hybridized carbons (Fsp3) is 0.211. The molecule has 0 aromatic heterocycles. The van der Waals surface area contributed by atoms with Crippen LogP contribution < -0.4 is 0 Å². The van der Waals surface area contributed by atoms with E-state index in [1.807, 2.05) is 43.3 Å². The maximum atomic E-state index is 11.9. The minimum absolute atomic E-state index is 0.0326. The molecule has 0 unspecified atom stereocenters. The summed E-state index contributed by atoms with van der Waals surface area (Å²) in [6.07, 6.45) is 6.20. The molecule has 1 aliphatic rings. The fourth-order valence-electron chi connectivity index (χ4n) is 6.71. The van der Waals surface area contributed by atoms with E-state index in [1.165, 1.54) is 37.7 Å². The maximum absolute atomic E-state index is 11.9. The number of para-hydroxylation sites is 4. The number of phenolic OH excluding ortho intramolecular Hbond substituents is 4. The molecule has 212 valence electrons. The first-order valence-corrected chi connectivity index (χ1v) is 14.7. The van der Waals surface area contributed by atoms with E-state index in [0.717, 1.165) is 5.56 Å². The quantitative estimate of drug-likeness (QED) is 0.157. The van der Waals surface area contributed by atoms with Gasteiger partial charge in [-0.25, -0.2) is 0 Å². The number of hydrogen-bond donors (Lipinski definition) is 4. The van der Waals surface area contributed by atoms with Crippen molar-refractivity contribution in [2.75, 3.05) is 0 Å². The van der Waals surface area contributed by atoms with E-state index in [9.17, 15) is 20.4 Å². The van der Waals surface area contributed by atoms with Crippen molar-refractivity contribution in [2.24, 2.45) is 0 Å². The first-order valence-electron chi connectivity index (χ1n) is 14.7. The van der Waals surface area contributed by atoms with Gasteiger partial charge >= 0.3 is 0 Å². The molecule has 42 heavy (non-hydrogen) atoms. The Bertz CT molecular complexity index is 1620. The van der Waals surface area contributed by atoms with Gasteiger partial charge in [-0.1, -0.05) is 116 Å². The number of benzene rings is 5. The van der Waals surface area contributed by atoms with Crippen LogP contribution in [-0.4, -0.2) is 20.4 Å². The molecule has 4 N–H and O–H groups in total. The molecule has 5 aromatic carbocycles. The summed E-state index contributed by atoms with van der Waals surface area (Å²) in [7, 11) is 0. The van der Waals surface area contributed by atoms with Gasteiger partial charge in [-0.2, -0.15) is 0 Å². The van der Waals surface area contributed by atoms with Gasteiger partial charge in [-0.3, -0.25) is 0 Å². The van der Waals surface area contributed by atoms with Gasteiger partial charge in [0.05, 0.1) is 0 Å². The van der Waals surface area contributed by atoms with Crippen LogP contribution in [-0.2, 0) is 5.41 Å². The van der Waals surface area contributed by atoms with Crippen LogP contribution in [0.3, 0.4) is 0 Å². The second kappa shape index (κ2) is 11.3. The average molecular weight is 557 g/mol. The summed E-state index contributed by atoms with van der Waals surface area (Å²) in [4.78, 5) is 0. The van der Waals surface area contributed by atoms with E-state index < -0.39 is 5.41 Å². The summed E-state index contributed by atoms with van der Waals surface area (Å²) in [5.74, 6) is 0.769. The van der Waals surface area contributed by atoms with Crippen molar-refractivity contribution >= 4 is 0 Å². The van der Waals surface area contributed by atoms with Gasteiger partial charge in [0.2, 0.25) is 0 Å². The summed E-state index contributed by atoms with van der Waals surface area (Å²) in [5.41, 5.74) is 4.51. The molecule has 1 saturated carbocycles. The summed E-state index contributed by atoms with van der Waals surface area (Å²) < 4.78 is 0. The molecule has 0 saturated heterocycles. The zero-order chi connectivity index (χ0) is 29.3. The molecule has 0 heterocycles. The van der Waals surface area contributed by atoms with E-state index in [-0.39, 0.29) is 23.0 Å². The highest BCUT2D eigenvalue weighted by atomic mass is 16.3. The summed E-state index contributed by atoms with van der Waals surface area (Å²) >= 11 is 0. The predicted octanol–water partition coefficient (Wildman–Crippen LogP) is 9.24. The molecular formula is C38H36O4. The van der Waals surface area contributed by atoms with Crippen molar-refractivity contribution in [3.8, 4) is 45.3 Å². The highest BCUT2D eigenvalue weighted by molar-refractivity contribution is 5.81. The Kier molecular flexibility index (Phi) is 7.38. The lowest BCUT2D eigenvalue weighted by molar-refractivity contribution is 0.440. The Balaban J connectivity index is 1.57. The van der Waals surface area contributed by atoms with Crippen molar-refractivity contribution in [1.82, 2.24) is 0 Å². The summed E-state index contributed by atoms with van der Waals surface area (Å²) in [6.45, 7) is 2.01. The average Bonchev–Trinajstić information content (AvgIpc) is 3.02. The van der Waals surface area contributed by atoms with E-state index in [4.69, 9.17) is 0 Å². The third-order valence-electron chi connectivity index (χ3n) is 9.10. The van der Waals surface area contributed by atoms with E-state index in [0.29, 0.717) is 39.3 Å². The first kappa shape index (κ1) is 27.5. The van der Waals surface area contributed by atoms with E-state index >= 15 is 0 Å². The highest BCUT2D eigenvalue weighted by Crippen LogP contribution is 2.51. The standard InChI is InChI=1S/C38H36O4/c1-38(27-23-21-26(22-24-27)25-11-3-2-4-12-25,32-17-9-15-30(36(32)41)28-13-5-7-19-34(28)39)33-18-10-16-31(37(33)42)29-14-6-8-20-35(29)40/h5-10,13-25,39-42H,2-4,11-12H2,1H3. The Morgan fingerprint density at radius 2 is 0.952 bits per heavy atom. The molecule has 0 radical (unpaired) electrons. The second-order valence-corrected chi connectivity index (χ2v) is 11.5. The molecule has 0 aliphatic heterocycles. The summed E-state index contributed by atoms with van der Waals surface area (Å²) in [6, 6.07) is 33.6. The van der Waals surface area contributed by atoms with Crippen molar-refractivity contribution in [3.05, 3.63) is 131 Å². The van der Waals surface area contributed by atoms with Gasteiger partial charge in [0.25, 0.3) is 0 Å². The lowest BCUT2D eigenvalue weighted by atomic mass is 9.69. The largest absolute Gasteiger partial charge is 0.507 e. The van der Waals surface area contributed by atoms with Crippen molar-refractivity contribution < 1.29 is 20.4 Å². The zero-order valence-electron chi connectivity index (χ0n) is 23.8. The third kappa shape index (κ3) is 4.77. The van der Waals surface area contributed by atoms with Gasteiger partial charge in [-0.15, -0.1) is 0 Å². The Morgan fingerprint density at radius 3 is 1.43 bits per heavy atom. The molecule has 0 bridgehead atoms. The molecule has 0 amide bonds. The first-order chi connectivity index (χ1) is 20.4. The van der Waals surface area contributed by atoms with Crippen LogP contribution >= 0.6 is 0 Å². The molecular weight excluding hydrogens is 520 g/mol. The minimum Gasteiger partial charge on any atom is -0.507 e. The van der Waals surface area contributed by atoms with Gasteiger partial charge < -0.3 is 20.4 Å². The monoisotopic (exact) mass is 556 g/mol. The zero-order valence-corrected chi connectivity index (χ0v) is 23.8. The highest BCUT2D eigenvalue weighted by Gasteiger charge is 2.37. The smallest absolute Gasteiger partial charge is 0.127 e. The topological polar surface area (TPSA) is 80.9 Å². The molecule has 0 spiro atoms. The number of aromatic hydroxyl groups is 4. The van der Waals surface area contributed by atoms with Crippen molar-refractivity contribution in [2.45, 2.75) is 50.4 Å². The van der Waals surface area contributed by atoms with Crippen LogP contribution in [0.25, 0.3) is 22.3 Å². The van der Waals surface area contributed by atoms with Gasteiger partial charge in [0.15, 0.2) is 0 Å². The van der Waals surface area contributed by atoms with Crippen LogP contribution in [0.5, 0.6) is 23.0 Å². The van der Waals surface area contributed by atoms with Crippen LogP contribution in [0.2, 0.25) is 0 Å². The third-order valence-corrected chi connectivity index (χ3v) is 9.10. The van der Waals surface area contributed by atoms with Crippen molar-refractivity contribution in [3.63, 3.8) is 0 Å². The SMILES string of the molecule is CC(c1ccc(C2CCCCC2)cc1)(c1cccc(-c2ccccc2O)c1O)c1cccc(-c2ccccc2O)c1O. The molecule has 1 aliphatic carbocycles. The molecule has 1 fully saturated rings. The number of phenols is 4. The van der Waals surface area contributed by atoms with Gasteiger partial charge in [0, 0.05) is 38.8 Å². The fourth-order valence-corrected chi connectivity index (χ4v) is 6.71. The normalized spacial score (nSPS) is 14.1. The maximum Gasteiger partial charge on any atom is 0.127 e. The van der Waals surface area contributed by atoms with E-state index in [2.05, 4.69) is 24.3 Å². The van der Waals surface area contributed by atoms with Gasteiger partial charge in [-0.05, 0) is 48.9 Å². The lowest BCUT2D eigenvalue weighted by Crippen LogP contribution is -2.26. The van der Waals surface area contributed by atoms with Crippen LogP contribution in [0.1, 0.15) is 67.2 Å². The van der Waals surface area contributed by atoms with Crippen LogP contribution in [0.15, 0.2) is 109 Å². The minimum atomic E-state index is -0.986. The van der Waals surface area contributed by atoms with Crippen molar-refractivity contribution in [1.29, 1.82) is 0 Å². The predicted molar refractivity (Wildman–Crippen MR) is 168 cm³/mol. The number of hydrogen-bond acceptors (Lipinski definition) is 4. The molecule has 0 atom stereocenters.